The van der Waals surface area contributed by atoms with Crippen LogP contribution >= 0.6 is 0 Å². The van der Waals surface area contributed by atoms with Crippen LogP contribution < -0.4 is 15.4 Å². The van der Waals surface area contributed by atoms with E-state index in [0.717, 1.165) is 23.4 Å². The van der Waals surface area contributed by atoms with Gasteiger partial charge in [0.25, 0.3) is 0 Å². The van der Waals surface area contributed by atoms with E-state index in [1.807, 2.05) is 62.4 Å². The molecular formula is C24H29N3O4. The monoisotopic (exact) mass is 423 g/mol. The van der Waals surface area contributed by atoms with Gasteiger partial charge in [0.05, 0.1) is 6.54 Å². The van der Waals surface area contributed by atoms with Gasteiger partial charge in [-0.1, -0.05) is 24.3 Å². The molecule has 0 aliphatic carbocycles. The third-order valence-electron chi connectivity index (χ3n) is 5.84. The zero-order valence-electron chi connectivity index (χ0n) is 17.9. The summed E-state index contributed by atoms with van der Waals surface area (Å²) in [4.78, 5) is 26.4. The third-order valence-corrected chi connectivity index (χ3v) is 5.84. The lowest BCUT2D eigenvalue weighted by molar-refractivity contribution is -0.140. The topological polar surface area (TPSA) is 90.9 Å². The molecule has 2 aromatic carbocycles. The summed E-state index contributed by atoms with van der Waals surface area (Å²) in [5.41, 5.74) is 1.93. The molecule has 0 saturated carbocycles. The third kappa shape index (κ3) is 4.82. The molecule has 2 aromatic rings. The predicted molar refractivity (Wildman–Crippen MR) is 119 cm³/mol. The zero-order chi connectivity index (χ0) is 22.0. The van der Waals surface area contributed by atoms with E-state index in [4.69, 9.17) is 4.74 Å². The highest BCUT2D eigenvalue weighted by atomic mass is 16.5. The molecule has 2 heterocycles. The number of β-amino-alcohol motifs (C(OH)–C–C–N with tert-alkyl or cyclic N) is 1. The van der Waals surface area contributed by atoms with E-state index in [2.05, 4.69) is 10.6 Å². The molecule has 0 aromatic heterocycles. The molecule has 4 rings (SSSR count). The second kappa shape index (κ2) is 8.59. The van der Waals surface area contributed by atoms with Crippen LogP contribution in [0.25, 0.3) is 0 Å². The first-order chi connectivity index (χ1) is 14.8. The fraction of sp³-hybridized carbons (Fsp3) is 0.417. The zero-order valence-corrected chi connectivity index (χ0v) is 17.9. The molecule has 3 N–H and O–H groups in total. The number of ether oxygens (including phenoxy) is 1. The average molecular weight is 424 g/mol. The molecule has 7 heteroatoms. The average Bonchev–Trinajstić information content (AvgIpc) is 2.74. The van der Waals surface area contributed by atoms with Gasteiger partial charge in [0, 0.05) is 36.8 Å². The quantitative estimate of drug-likeness (QED) is 0.688. The number of aliphatic hydroxyl groups is 1. The maximum atomic E-state index is 13.1. The van der Waals surface area contributed by atoms with Gasteiger partial charge >= 0.3 is 0 Å². The van der Waals surface area contributed by atoms with Gasteiger partial charge in [0.15, 0.2) is 0 Å². The number of carbonyl (C=O) groups excluding carboxylic acids is 2. The first-order valence-corrected chi connectivity index (χ1v) is 10.7. The van der Waals surface area contributed by atoms with Crippen molar-refractivity contribution >= 4 is 23.2 Å². The molecule has 164 valence electrons. The van der Waals surface area contributed by atoms with Crippen LogP contribution in [0.15, 0.2) is 48.5 Å². The molecule has 2 aliphatic heterocycles. The van der Waals surface area contributed by atoms with Gasteiger partial charge in [-0.15, -0.1) is 0 Å². The number of nitrogens with zero attached hydrogens (tertiary/aromatic N) is 1. The second-order valence-electron chi connectivity index (χ2n) is 8.75. The number of rotatable bonds is 5. The number of fused-ring (bicyclic) bond motifs is 1. The largest absolute Gasteiger partial charge is 0.488 e. The maximum Gasteiger partial charge on any atom is 0.247 e. The molecule has 0 radical (unpaired) electrons. The van der Waals surface area contributed by atoms with E-state index in [1.165, 1.54) is 0 Å². The van der Waals surface area contributed by atoms with E-state index in [1.54, 1.807) is 4.90 Å². The van der Waals surface area contributed by atoms with Gasteiger partial charge in [-0.3, -0.25) is 9.59 Å². The smallest absolute Gasteiger partial charge is 0.247 e. The highest BCUT2D eigenvalue weighted by Crippen LogP contribution is 2.29. The second-order valence-corrected chi connectivity index (χ2v) is 8.75. The number of benzene rings is 2. The van der Waals surface area contributed by atoms with Gasteiger partial charge in [-0.2, -0.15) is 0 Å². The van der Waals surface area contributed by atoms with Crippen molar-refractivity contribution in [3.05, 3.63) is 54.1 Å². The summed E-state index contributed by atoms with van der Waals surface area (Å²) in [5, 5.41) is 16.8. The number of hydrogen-bond acceptors (Lipinski definition) is 5. The maximum absolute atomic E-state index is 13.1. The first kappa shape index (κ1) is 21.2. The molecule has 2 aliphatic rings. The first-order valence-electron chi connectivity index (χ1n) is 10.7. The van der Waals surface area contributed by atoms with Crippen LogP contribution in [0.1, 0.15) is 32.3 Å². The highest BCUT2D eigenvalue weighted by Gasteiger charge is 2.38. The number of nitrogens with one attached hydrogen (secondary N) is 2. The summed E-state index contributed by atoms with van der Waals surface area (Å²) in [6.07, 6.45) is 0.533. The van der Waals surface area contributed by atoms with Crippen molar-refractivity contribution in [2.24, 2.45) is 0 Å². The minimum absolute atomic E-state index is 0.00299. The molecule has 7 nitrogen and oxygen atoms in total. The molecule has 1 fully saturated rings. The Morgan fingerprint density at radius 3 is 2.71 bits per heavy atom. The summed E-state index contributed by atoms with van der Waals surface area (Å²) in [6.45, 7) is 4.41. The Balaban J connectivity index is 1.37. The van der Waals surface area contributed by atoms with Crippen LogP contribution in [0.5, 0.6) is 5.75 Å². The molecule has 1 saturated heterocycles. The van der Waals surface area contributed by atoms with E-state index in [9.17, 15) is 14.7 Å². The normalized spacial score (nSPS) is 21.1. The van der Waals surface area contributed by atoms with E-state index >= 15 is 0 Å². The lowest BCUT2D eigenvalue weighted by Crippen LogP contribution is -2.57. The van der Waals surface area contributed by atoms with Gasteiger partial charge < -0.3 is 25.4 Å². The summed E-state index contributed by atoms with van der Waals surface area (Å²) >= 11 is 0. The van der Waals surface area contributed by atoms with Gasteiger partial charge in [-0.25, -0.2) is 0 Å². The minimum atomic E-state index is -0.800. The Morgan fingerprint density at radius 1 is 1.19 bits per heavy atom. The number of anilines is 2. The van der Waals surface area contributed by atoms with Gasteiger partial charge in [0.1, 0.15) is 23.5 Å². The Morgan fingerprint density at radius 2 is 1.97 bits per heavy atom. The molecule has 2 atom stereocenters. The summed E-state index contributed by atoms with van der Waals surface area (Å²) in [5.74, 6) is 0.546. The van der Waals surface area contributed by atoms with E-state index in [0.29, 0.717) is 25.1 Å². The lowest BCUT2D eigenvalue weighted by atomic mass is 9.98. The number of aliphatic hydroxyl groups excluding tert-OH is 1. The fourth-order valence-electron chi connectivity index (χ4n) is 4.16. The molecule has 0 unspecified atom stereocenters. The fourth-order valence-corrected chi connectivity index (χ4v) is 4.16. The van der Waals surface area contributed by atoms with Crippen LogP contribution in [-0.4, -0.2) is 52.7 Å². The predicted octanol–water partition coefficient (Wildman–Crippen LogP) is 2.80. The number of likely N-dealkylation sites (tertiary alicyclic amines) is 1. The summed E-state index contributed by atoms with van der Waals surface area (Å²) in [7, 11) is 0. The highest BCUT2D eigenvalue weighted by molar-refractivity contribution is 5.94. The Labute approximate surface area is 182 Å². The minimum Gasteiger partial charge on any atom is -0.488 e. The number of aryl methyl sites for hydroxylation is 1. The van der Waals surface area contributed by atoms with Crippen molar-refractivity contribution in [1.82, 2.24) is 4.90 Å². The molecule has 0 bridgehead atoms. The van der Waals surface area contributed by atoms with E-state index in [-0.39, 0.29) is 18.4 Å². The Kier molecular flexibility index (Phi) is 5.87. The van der Waals surface area contributed by atoms with Crippen LogP contribution in [0.3, 0.4) is 0 Å². The van der Waals surface area contributed by atoms with Crippen molar-refractivity contribution < 1.29 is 19.4 Å². The van der Waals surface area contributed by atoms with Crippen LogP contribution in [0.4, 0.5) is 11.4 Å². The van der Waals surface area contributed by atoms with Gasteiger partial charge in [-0.05, 0) is 44.0 Å². The Bertz CT molecular complexity index is 961. The van der Waals surface area contributed by atoms with Crippen molar-refractivity contribution in [2.45, 2.75) is 50.9 Å². The SMILES string of the molecule is CC(C)(Nc1ccccc1)C(=O)N1CC[C@@H](Oc2ccc3c(c2)NC(=O)CC3)[C@H](O)C1. The summed E-state index contributed by atoms with van der Waals surface area (Å²) < 4.78 is 6.02. The van der Waals surface area contributed by atoms with E-state index < -0.39 is 17.7 Å². The number of hydrogen-bond donors (Lipinski definition) is 3. The number of amides is 2. The van der Waals surface area contributed by atoms with Crippen molar-refractivity contribution in [3.8, 4) is 5.75 Å². The van der Waals surface area contributed by atoms with Crippen LogP contribution in [0.2, 0.25) is 0 Å². The van der Waals surface area contributed by atoms with Crippen LogP contribution in [-0.2, 0) is 16.0 Å². The standard InChI is InChI=1S/C24H29N3O4/c1-24(2,26-17-6-4-3-5-7-17)23(30)27-13-12-21(20(28)15-27)31-18-10-8-16-9-11-22(29)25-19(16)14-18/h3-8,10,14,20-21,26,28H,9,11-13,15H2,1-2H3,(H,25,29)/t20-,21-/m1/s1. The number of para-hydroxylation sites is 1. The lowest BCUT2D eigenvalue weighted by Gasteiger charge is -2.40. The van der Waals surface area contributed by atoms with Crippen molar-refractivity contribution in [1.29, 1.82) is 0 Å². The molecule has 0 spiro atoms. The molecule has 31 heavy (non-hydrogen) atoms. The number of carbonyl (C=O) groups is 2. The van der Waals surface area contributed by atoms with Gasteiger partial charge in [0.2, 0.25) is 11.8 Å². The van der Waals surface area contributed by atoms with Crippen molar-refractivity contribution in [3.63, 3.8) is 0 Å². The van der Waals surface area contributed by atoms with Crippen LogP contribution in [0, 0.1) is 0 Å². The number of piperidine rings is 1. The Hall–Kier alpha value is -3.06. The molecule has 2 amide bonds. The summed E-state index contributed by atoms with van der Waals surface area (Å²) in [6, 6.07) is 15.2. The molecular weight excluding hydrogens is 394 g/mol. The van der Waals surface area contributed by atoms with Crippen molar-refractivity contribution in [2.75, 3.05) is 23.7 Å².